The summed E-state index contributed by atoms with van der Waals surface area (Å²) >= 11 is 3.64. The zero-order valence-electron chi connectivity index (χ0n) is 23.4. The van der Waals surface area contributed by atoms with E-state index >= 15 is 0 Å². The average molecular weight is 597 g/mol. The van der Waals surface area contributed by atoms with Crippen LogP contribution < -0.4 is 9.47 Å². The van der Waals surface area contributed by atoms with Gasteiger partial charge >= 0.3 is 0 Å². The van der Waals surface area contributed by atoms with Crippen LogP contribution >= 0.6 is 15.9 Å². The summed E-state index contributed by atoms with van der Waals surface area (Å²) in [6.07, 6.45) is 2.38. The lowest BCUT2D eigenvalue weighted by molar-refractivity contribution is -0.119. The Morgan fingerprint density at radius 2 is 1.51 bits per heavy atom. The molecule has 0 N–H and O–H groups in total. The van der Waals surface area contributed by atoms with E-state index in [0.717, 1.165) is 29.8 Å². The standard InChI is InChI=1S/C32H35BrFNO4/c1-31(2)13-22-28(24(36)15-31)27(29-23(35(22)5)14-32(3,4)16-25(29)37)19-11-20(33)30(26(12-19)38-6)39-17-18-9-7-8-10-21(18)34/h7-12,27H,13-17H2,1-6H3. The van der Waals surface area contributed by atoms with Gasteiger partial charge in [-0.2, -0.15) is 0 Å². The van der Waals surface area contributed by atoms with Gasteiger partial charge in [0.25, 0.3) is 0 Å². The number of Topliss-reactive ketones (excluding diaryl/α,β-unsaturated/α-hetero) is 2. The first-order chi connectivity index (χ1) is 18.3. The topological polar surface area (TPSA) is 55.8 Å². The maximum Gasteiger partial charge on any atom is 0.175 e. The van der Waals surface area contributed by atoms with Crippen molar-refractivity contribution in [3.05, 3.63) is 80.4 Å². The predicted molar refractivity (Wildman–Crippen MR) is 152 cm³/mol. The second kappa shape index (κ2) is 9.92. The van der Waals surface area contributed by atoms with E-state index in [1.165, 1.54) is 6.07 Å². The molecule has 0 saturated carbocycles. The number of carbonyl (C=O) groups excluding carboxylic acids is 2. The van der Waals surface area contributed by atoms with E-state index in [2.05, 4.69) is 48.5 Å². The molecule has 2 aromatic carbocycles. The summed E-state index contributed by atoms with van der Waals surface area (Å²) in [5.41, 5.74) is 4.32. The molecule has 2 aromatic rings. The molecule has 2 aliphatic carbocycles. The summed E-state index contributed by atoms with van der Waals surface area (Å²) in [7, 11) is 3.55. The first-order valence-electron chi connectivity index (χ1n) is 13.3. The van der Waals surface area contributed by atoms with Crippen LogP contribution in [0.1, 0.15) is 70.4 Å². The number of hydrogen-bond donors (Lipinski definition) is 0. The number of nitrogens with zero attached hydrogens (tertiary/aromatic N) is 1. The molecule has 0 fully saturated rings. The molecule has 0 saturated heterocycles. The second-order valence-electron chi connectivity index (χ2n) is 12.5. The lowest BCUT2D eigenvalue weighted by Gasteiger charge is -2.48. The molecule has 206 valence electrons. The minimum Gasteiger partial charge on any atom is -0.493 e. The van der Waals surface area contributed by atoms with Crippen LogP contribution in [0.4, 0.5) is 4.39 Å². The Bertz CT molecular complexity index is 1380. The number of benzene rings is 2. The van der Waals surface area contributed by atoms with Crippen molar-refractivity contribution in [2.75, 3.05) is 14.2 Å². The highest BCUT2D eigenvalue weighted by Gasteiger charge is 2.48. The van der Waals surface area contributed by atoms with Crippen LogP contribution in [0.3, 0.4) is 0 Å². The summed E-state index contributed by atoms with van der Waals surface area (Å²) in [6, 6.07) is 10.2. The van der Waals surface area contributed by atoms with E-state index in [4.69, 9.17) is 9.47 Å². The van der Waals surface area contributed by atoms with Crippen LogP contribution in [0.15, 0.2) is 63.4 Å². The van der Waals surface area contributed by atoms with Crippen molar-refractivity contribution < 1.29 is 23.5 Å². The summed E-state index contributed by atoms with van der Waals surface area (Å²) < 4.78 is 26.6. The molecule has 0 spiro atoms. The third-order valence-corrected chi connectivity index (χ3v) is 8.68. The quantitative estimate of drug-likeness (QED) is 0.358. The van der Waals surface area contributed by atoms with Gasteiger partial charge < -0.3 is 14.4 Å². The van der Waals surface area contributed by atoms with Crippen LogP contribution in [0.25, 0.3) is 0 Å². The van der Waals surface area contributed by atoms with E-state index in [1.807, 2.05) is 19.2 Å². The van der Waals surface area contributed by atoms with Gasteiger partial charge in [-0.05, 0) is 63.4 Å². The van der Waals surface area contributed by atoms with Crippen LogP contribution in [-0.2, 0) is 16.2 Å². The number of ether oxygens (including phenoxy) is 2. The summed E-state index contributed by atoms with van der Waals surface area (Å²) in [6.45, 7) is 8.52. The Morgan fingerprint density at radius 3 is 2.05 bits per heavy atom. The van der Waals surface area contributed by atoms with Gasteiger partial charge in [-0.1, -0.05) is 45.9 Å². The van der Waals surface area contributed by atoms with Gasteiger partial charge in [0.1, 0.15) is 12.4 Å². The second-order valence-corrected chi connectivity index (χ2v) is 13.4. The molecule has 0 unspecified atom stereocenters. The number of methoxy groups -OCH3 is 1. The zero-order chi connectivity index (χ0) is 28.3. The Balaban J connectivity index is 1.63. The Labute approximate surface area is 238 Å². The fourth-order valence-electron chi connectivity index (χ4n) is 6.31. The van der Waals surface area contributed by atoms with Crippen molar-refractivity contribution in [3.63, 3.8) is 0 Å². The molecule has 0 aromatic heterocycles. The van der Waals surface area contributed by atoms with Crippen LogP contribution in [0.5, 0.6) is 11.5 Å². The van der Waals surface area contributed by atoms with Crippen molar-refractivity contribution >= 4 is 27.5 Å². The molecule has 0 bridgehead atoms. The van der Waals surface area contributed by atoms with E-state index < -0.39 is 5.92 Å². The number of halogens is 2. The van der Waals surface area contributed by atoms with E-state index in [-0.39, 0.29) is 34.8 Å². The smallest absolute Gasteiger partial charge is 0.175 e. The predicted octanol–water partition coefficient (Wildman–Crippen LogP) is 7.49. The average Bonchev–Trinajstić information content (AvgIpc) is 2.84. The van der Waals surface area contributed by atoms with E-state index in [9.17, 15) is 14.0 Å². The Hall–Kier alpha value is -2.93. The minimum atomic E-state index is -0.482. The fraction of sp³-hybridized carbons (Fsp3) is 0.438. The number of rotatable bonds is 5. The molecule has 5 nitrogen and oxygen atoms in total. The van der Waals surface area contributed by atoms with Gasteiger partial charge in [0.2, 0.25) is 0 Å². The number of ketones is 2. The van der Waals surface area contributed by atoms with Crippen LogP contribution in [0.2, 0.25) is 0 Å². The molecular formula is C32H35BrFNO4. The van der Waals surface area contributed by atoms with E-state index in [0.29, 0.717) is 45.5 Å². The lowest BCUT2D eigenvalue weighted by atomic mass is 9.64. The van der Waals surface area contributed by atoms with Gasteiger partial charge in [0, 0.05) is 53.9 Å². The lowest BCUT2D eigenvalue weighted by Crippen LogP contribution is -2.43. The summed E-state index contributed by atoms with van der Waals surface area (Å²) in [5.74, 6) is 0.227. The van der Waals surface area contributed by atoms with Gasteiger partial charge in [0.15, 0.2) is 23.1 Å². The summed E-state index contributed by atoms with van der Waals surface area (Å²) in [5, 5.41) is 0. The van der Waals surface area contributed by atoms with Crippen molar-refractivity contribution in [2.24, 2.45) is 10.8 Å². The number of allylic oxidation sites excluding steroid dienone is 4. The molecule has 0 radical (unpaired) electrons. The molecular weight excluding hydrogens is 561 g/mol. The van der Waals surface area contributed by atoms with Crippen molar-refractivity contribution in [3.8, 4) is 11.5 Å². The molecule has 0 atom stereocenters. The molecule has 0 amide bonds. The third kappa shape index (κ3) is 5.06. The molecule has 1 aliphatic heterocycles. The van der Waals surface area contributed by atoms with Crippen LogP contribution in [0, 0.1) is 16.6 Å². The molecule has 3 aliphatic rings. The van der Waals surface area contributed by atoms with Gasteiger partial charge in [-0.15, -0.1) is 0 Å². The zero-order valence-corrected chi connectivity index (χ0v) is 25.0. The molecule has 1 heterocycles. The van der Waals surface area contributed by atoms with Gasteiger partial charge in [0.05, 0.1) is 11.6 Å². The van der Waals surface area contributed by atoms with E-state index in [1.54, 1.807) is 25.3 Å². The molecule has 5 rings (SSSR count). The monoisotopic (exact) mass is 595 g/mol. The SMILES string of the molecule is COc1cc(C2C3=C(CC(C)(C)CC3=O)N(C)C3=C2C(=O)CC(C)(C)C3)cc(Br)c1OCc1ccccc1F. The first-order valence-corrected chi connectivity index (χ1v) is 14.1. The highest BCUT2D eigenvalue weighted by atomic mass is 79.9. The van der Waals surface area contributed by atoms with Crippen molar-refractivity contribution in [2.45, 2.75) is 65.9 Å². The molecule has 39 heavy (non-hydrogen) atoms. The van der Waals surface area contributed by atoms with Gasteiger partial charge in [-0.3, -0.25) is 9.59 Å². The van der Waals surface area contributed by atoms with Crippen molar-refractivity contribution in [1.82, 2.24) is 4.90 Å². The van der Waals surface area contributed by atoms with Crippen LogP contribution in [-0.4, -0.2) is 30.6 Å². The van der Waals surface area contributed by atoms with Gasteiger partial charge in [-0.25, -0.2) is 4.39 Å². The Morgan fingerprint density at radius 1 is 0.949 bits per heavy atom. The largest absolute Gasteiger partial charge is 0.493 e. The Kier molecular flexibility index (Phi) is 7.03. The normalized spacial score (nSPS) is 20.7. The maximum atomic E-state index is 14.2. The molecule has 7 heteroatoms. The third-order valence-electron chi connectivity index (χ3n) is 8.09. The number of carbonyl (C=O) groups is 2. The first kappa shape index (κ1) is 27.6. The summed E-state index contributed by atoms with van der Waals surface area (Å²) in [4.78, 5) is 29.6. The minimum absolute atomic E-state index is 0.0287. The fourth-order valence-corrected chi connectivity index (χ4v) is 6.88. The maximum absolute atomic E-state index is 14.2. The highest BCUT2D eigenvalue weighted by molar-refractivity contribution is 9.10. The highest BCUT2D eigenvalue weighted by Crippen LogP contribution is 2.55. The number of hydrogen-bond acceptors (Lipinski definition) is 5. The van der Waals surface area contributed by atoms with Crippen molar-refractivity contribution in [1.29, 1.82) is 0 Å².